The van der Waals surface area contributed by atoms with Gasteiger partial charge >= 0.3 is 0 Å². The Morgan fingerprint density at radius 2 is 1.62 bits per heavy atom. The first-order valence-corrected chi connectivity index (χ1v) is 18.2. The van der Waals surface area contributed by atoms with Gasteiger partial charge < -0.3 is 25.7 Å². The van der Waals surface area contributed by atoms with Crippen molar-refractivity contribution < 1.29 is 55.5 Å². The first kappa shape index (κ1) is 38.4. The molecule has 0 bridgehead atoms. The van der Waals surface area contributed by atoms with Crippen molar-refractivity contribution in [2.24, 2.45) is 20.5 Å². The van der Waals surface area contributed by atoms with Gasteiger partial charge in [-0.05, 0) is 74.1 Å². The fourth-order valence-corrected chi connectivity index (χ4v) is 7.11. The highest BCUT2D eigenvalue weighted by Crippen LogP contribution is 2.50. The molecular weight excluding hydrogens is 741 g/mol. The zero-order valence-corrected chi connectivity index (χ0v) is 29.2. The topological polar surface area (TPSA) is 265 Å². The Morgan fingerprint density at radius 1 is 0.920 bits per heavy atom. The largest absolute Gasteiger partial charge is 0.506 e. The van der Waals surface area contributed by atoms with Gasteiger partial charge in [0.25, 0.3) is 10.1 Å². The summed E-state index contributed by atoms with van der Waals surface area (Å²) in [6.07, 6.45) is 1.05. The van der Waals surface area contributed by atoms with Crippen molar-refractivity contribution in [3.05, 3.63) is 67.4 Å². The van der Waals surface area contributed by atoms with Crippen LogP contribution in [0, 0.1) is 0 Å². The van der Waals surface area contributed by atoms with Crippen LogP contribution < -0.4 is 5.73 Å². The van der Waals surface area contributed by atoms with E-state index in [4.69, 9.17) is 15.3 Å². The number of nitrogens with two attached hydrogens (primary N) is 1. The maximum atomic E-state index is 12.6. The van der Waals surface area contributed by atoms with E-state index in [1.165, 1.54) is 48.5 Å². The number of nitrogens with zero attached hydrogens (tertiary/aromatic N) is 5. The molecule has 0 fully saturated rings. The molecule has 0 aromatic heterocycles. The number of benzene rings is 4. The van der Waals surface area contributed by atoms with Gasteiger partial charge in [-0.1, -0.05) is 11.6 Å². The number of fused-ring (bicyclic) bond motifs is 1. The zero-order valence-electron chi connectivity index (χ0n) is 25.9. The molecule has 0 unspecified atom stereocenters. The van der Waals surface area contributed by atoms with Gasteiger partial charge in [0.1, 0.15) is 34.0 Å². The van der Waals surface area contributed by atoms with E-state index in [9.17, 15) is 31.6 Å². The van der Waals surface area contributed by atoms with Gasteiger partial charge in [0.2, 0.25) is 0 Å². The summed E-state index contributed by atoms with van der Waals surface area (Å²) in [4.78, 5) is 5.89. The number of phenolic OH excluding ortho intramolecular Hbond substituents is 2. The second kappa shape index (κ2) is 16.6. The minimum atomic E-state index is -5.01. The molecule has 6 N–H and O–H groups in total. The second-order valence-corrected chi connectivity index (χ2v) is 15.1. The minimum Gasteiger partial charge on any atom is -0.506 e. The molecular formula is C28H28N6O12S4. The number of rotatable bonds is 16. The van der Waals surface area contributed by atoms with Gasteiger partial charge in [0, 0.05) is 11.4 Å². The maximum Gasteiger partial charge on any atom is 0.296 e. The van der Waals surface area contributed by atoms with Crippen molar-refractivity contribution in [2.45, 2.75) is 19.6 Å². The number of azo groups is 2. The Kier molecular flexibility index (Phi) is 12.7. The Morgan fingerprint density at radius 3 is 2.26 bits per heavy atom. The summed E-state index contributed by atoms with van der Waals surface area (Å²) in [5.41, 5.74) is 4.96. The molecule has 0 amide bonds. The smallest absolute Gasteiger partial charge is 0.296 e. The lowest BCUT2D eigenvalue weighted by molar-refractivity contribution is -0.432. The van der Waals surface area contributed by atoms with E-state index in [-0.39, 0.29) is 49.1 Å². The molecule has 0 saturated heterocycles. The van der Waals surface area contributed by atoms with Crippen molar-refractivity contribution in [3.63, 3.8) is 0 Å². The number of phenols is 2. The van der Waals surface area contributed by atoms with Crippen LogP contribution in [0.2, 0.25) is 0 Å². The normalized spacial score (nSPS) is 12.4. The van der Waals surface area contributed by atoms with Crippen LogP contribution in [-0.2, 0) is 38.5 Å². The predicted molar refractivity (Wildman–Crippen MR) is 182 cm³/mol. The summed E-state index contributed by atoms with van der Waals surface area (Å²) in [6.45, 7) is 3.65. The fourth-order valence-electron chi connectivity index (χ4n) is 4.10. The molecule has 266 valence electrons. The highest BCUT2D eigenvalue weighted by molar-refractivity contribution is 7.95. The number of hydrogen-bond acceptors (Lipinski definition) is 19. The lowest BCUT2D eigenvalue weighted by Crippen LogP contribution is -2.21. The van der Waals surface area contributed by atoms with Crippen molar-refractivity contribution >= 4 is 83.3 Å². The summed E-state index contributed by atoms with van der Waals surface area (Å²) in [7, 11) is -5.12. The standard InChI is InChI=1S/C28H28N6O12S4/c1-4-43-45-47-18-7-10-21(35)20(15-18)31-32-26-22(48-46-44-37)13-16-14-23(50(40,41)42)27(25(29)24(16)28(26)36)33-30-17-5-8-19(9-6-17)49(38,39)12-11-34(2)3/h4-10,13-15,35-37H,1,11-12,29H2,2-3H3,(H,40,41,42). The predicted octanol–water partition coefficient (Wildman–Crippen LogP) is 6.77. The van der Waals surface area contributed by atoms with Crippen molar-refractivity contribution in [1.29, 1.82) is 0 Å². The Balaban J connectivity index is 1.82. The van der Waals surface area contributed by atoms with E-state index < -0.39 is 42.0 Å². The maximum absolute atomic E-state index is 12.6. The molecule has 4 aromatic rings. The Hall–Kier alpha value is -4.36. The van der Waals surface area contributed by atoms with Crippen molar-refractivity contribution in [1.82, 2.24) is 4.90 Å². The summed E-state index contributed by atoms with van der Waals surface area (Å²) >= 11 is 1.10. The highest BCUT2D eigenvalue weighted by atomic mass is 32.2. The zero-order chi connectivity index (χ0) is 36.6. The van der Waals surface area contributed by atoms with E-state index in [1.807, 2.05) is 0 Å². The van der Waals surface area contributed by atoms with E-state index in [0.29, 0.717) is 23.5 Å². The number of sulfone groups is 1. The molecule has 0 radical (unpaired) electrons. The quantitative estimate of drug-likeness (QED) is 0.0115. The molecule has 0 spiro atoms. The van der Waals surface area contributed by atoms with E-state index >= 15 is 0 Å². The van der Waals surface area contributed by atoms with Crippen molar-refractivity contribution in [3.8, 4) is 11.5 Å². The van der Waals surface area contributed by atoms with Crippen LogP contribution in [0.3, 0.4) is 0 Å². The molecule has 0 aliphatic carbocycles. The van der Waals surface area contributed by atoms with Gasteiger partial charge in [-0.25, -0.2) is 13.7 Å². The van der Waals surface area contributed by atoms with Crippen LogP contribution in [-0.4, -0.2) is 68.2 Å². The van der Waals surface area contributed by atoms with E-state index in [0.717, 1.165) is 24.4 Å². The molecule has 18 nitrogen and oxygen atoms in total. The first-order chi connectivity index (χ1) is 23.7. The number of anilines is 1. The minimum absolute atomic E-state index is 0.0341. The van der Waals surface area contributed by atoms with Crippen LogP contribution in [0.1, 0.15) is 0 Å². The molecule has 0 aliphatic rings. The van der Waals surface area contributed by atoms with Crippen LogP contribution in [0.4, 0.5) is 28.4 Å². The Labute approximate surface area is 293 Å². The van der Waals surface area contributed by atoms with Gasteiger partial charge in [-0.3, -0.25) is 4.55 Å². The lowest BCUT2D eigenvalue weighted by atomic mass is 10.1. The first-order valence-electron chi connectivity index (χ1n) is 13.7. The molecule has 0 atom stereocenters. The molecule has 0 saturated carbocycles. The molecule has 0 aliphatic heterocycles. The van der Waals surface area contributed by atoms with Gasteiger partial charge in [-0.15, -0.1) is 24.0 Å². The Bertz CT molecular complexity index is 2160. The summed E-state index contributed by atoms with van der Waals surface area (Å²) in [5.74, 6) is -1.12. The fraction of sp³-hybridized carbons (Fsp3) is 0.143. The molecule has 50 heavy (non-hydrogen) atoms. The van der Waals surface area contributed by atoms with E-state index in [1.54, 1.807) is 19.0 Å². The monoisotopic (exact) mass is 768 g/mol. The average molecular weight is 769 g/mol. The summed E-state index contributed by atoms with van der Waals surface area (Å²) < 4.78 is 69.5. The SMILES string of the molecule is C=COOSc1ccc(O)c(N=Nc2c(SOOO)cc3cc(S(=O)(=O)O)c(N=Nc4ccc(S(=O)(=O)CCN(C)C)cc4)c(N)c3c2O)c1. The third-order valence-electron chi connectivity index (χ3n) is 6.46. The average Bonchev–Trinajstić information content (AvgIpc) is 3.06. The van der Waals surface area contributed by atoms with Gasteiger partial charge in [-0.2, -0.15) is 13.5 Å². The van der Waals surface area contributed by atoms with Gasteiger partial charge in [0.15, 0.2) is 15.6 Å². The van der Waals surface area contributed by atoms with Crippen LogP contribution in [0.5, 0.6) is 11.5 Å². The summed E-state index contributed by atoms with van der Waals surface area (Å²) in [6, 6.07) is 11.6. The van der Waals surface area contributed by atoms with Crippen LogP contribution >= 0.6 is 24.1 Å². The number of aromatic hydroxyl groups is 2. The third kappa shape index (κ3) is 9.45. The van der Waals surface area contributed by atoms with E-state index in [2.05, 4.69) is 41.3 Å². The molecule has 0 heterocycles. The highest BCUT2D eigenvalue weighted by Gasteiger charge is 2.25. The lowest BCUT2D eigenvalue weighted by Gasteiger charge is -2.14. The second-order valence-electron chi connectivity index (χ2n) is 10.1. The number of nitrogen functional groups attached to an aromatic ring is 1. The van der Waals surface area contributed by atoms with Crippen LogP contribution in [0.15, 0.2) is 107 Å². The van der Waals surface area contributed by atoms with Crippen LogP contribution in [0.25, 0.3) is 10.8 Å². The van der Waals surface area contributed by atoms with Gasteiger partial charge in [0.05, 0.1) is 56.4 Å². The molecule has 22 heteroatoms. The summed E-state index contributed by atoms with van der Waals surface area (Å²) in [5, 5.41) is 49.7. The third-order valence-corrected chi connectivity index (χ3v) is 10.2. The molecule has 4 aromatic carbocycles. The molecule has 4 rings (SSSR count). The van der Waals surface area contributed by atoms with Crippen molar-refractivity contribution in [2.75, 3.05) is 32.1 Å². The number of hydrogen-bond donors (Lipinski definition) is 5.